The highest BCUT2D eigenvalue weighted by Crippen LogP contribution is 2.38. The maximum atomic E-state index is 13.4. The molecule has 3 heterocycles. The normalized spacial score (nSPS) is 19.9. The molecule has 2 unspecified atom stereocenters. The number of benzene rings is 2. The van der Waals surface area contributed by atoms with Crippen LogP contribution in [-0.4, -0.2) is 69.9 Å². The molecule has 2 amide bonds. The lowest BCUT2D eigenvalue weighted by molar-refractivity contribution is -0.137. The Kier molecular flexibility index (Phi) is 7.48. The van der Waals surface area contributed by atoms with E-state index in [4.69, 9.17) is 14.0 Å². The molecule has 1 aromatic heterocycles. The van der Waals surface area contributed by atoms with Gasteiger partial charge in [0.05, 0.1) is 19.8 Å². The molecule has 2 aromatic carbocycles. The lowest BCUT2D eigenvalue weighted by atomic mass is 9.96. The monoisotopic (exact) mass is 520 g/mol. The van der Waals surface area contributed by atoms with Gasteiger partial charge in [-0.15, -0.1) is 0 Å². The Morgan fingerprint density at radius 2 is 1.82 bits per heavy atom. The Morgan fingerprint density at radius 3 is 2.50 bits per heavy atom. The summed E-state index contributed by atoms with van der Waals surface area (Å²) in [5.74, 6) is 2.16. The van der Waals surface area contributed by atoms with Gasteiger partial charge in [-0.3, -0.25) is 9.69 Å². The van der Waals surface area contributed by atoms with Crippen LogP contribution in [0.25, 0.3) is 11.4 Å². The van der Waals surface area contributed by atoms with Gasteiger partial charge in [0.25, 0.3) is 0 Å². The fourth-order valence-electron chi connectivity index (χ4n) is 5.48. The maximum Gasteiger partial charge on any atom is 0.408 e. The average Bonchev–Trinajstić information content (AvgIpc) is 3.62. The molecule has 38 heavy (non-hydrogen) atoms. The van der Waals surface area contributed by atoms with E-state index in [9.17, 15) is 14.7 Å². The summed E-state index contributed by atoms with van der Waals surface area (Å²) in [6.07, 6.45) is 1.42. The summed E-state index contributed by atoms with van der Waals surface area (Å²) in [6, 6.07) is 14.1. The third kappa shape index (κ3) is 5.03. The van der Waals surface area contributed by atoms with Gasteiger partial charge in [0.2, 0.25) is 17.6 Å². The zero-order valence-electron chi connectivity index (χ0n) is 21.6. The number of rotatable bonds is 7. The molecule has 2 aliphatic rings. The van der Waals surface area contributed by atoms with Crippen LogP contribution in [0.5, 0.6) is 11.5 Å². The molecule has 0 bridgehead atoms. The van der Waals surface area contributed by atoms with Crippen LogP contribution in [0.15, 0.2) is 53.1 Å². The summed E-state index contributed by atoms with van der Waals surface area (Å²) in [6.45, 7) is 3.47. The molecule has 0 saturated carbocycles. The summed E-state index contributed by atoms with van der Waals surface area (Å²) in [5.41, 5.74) is 1.68. The van der Waals surface area contributed by atoms with Gasteiger partial charge in [-0.2, -0.15) is 4.98 Å². The fourth-order valence-corrected chi connectivity index (χ4v) is 5.48. The molecule has 5 rings (SSSR count). The Balaban J connectivity index is 1.23. The van der Waals surface area contributed by atoms with Crippen molar-refractivity contribution in [2.75, 3.05) is 26.8 Å². The number of piperidine rings is 1. The number of carbonyl (C=O) groups is 2. The van der Waals surface area contributed by atoms with Crippen molar-refractivity contribution >= 4 is 12.0 Å². The molecule has 2 atom stereocenters. The number of methoxy groups -OCH3 is 1. The Labute approximate surface area is 221 Å². The van der Waals surface area contributed by atoms with E-state index in [1.807, 2.05) is 55.5 Å². The Morgan fingerprint density at radius 1 is 1.05 bits per heavy atom. The van der Waals surface area contributed by atoms with Gasteiger partial charge in [-0.25, -0.2) is 4.79 Å². The molecule has 0 radical (unpaired) electrons. The number of likely N-dealkylation sites (tertiary alicyclic amines) is 2. The topological polar surface area (TPSA) is 118 Å². The quantitative estimate of drug-likeness (QED) is 0.475. The lowest BCUT2D eigenvalue weighted by Crippen LogP contribution is -2.50. The van der Waals surface area contributed by atoms with Crippen LogP contribution in [-0.2, 0) is 4.79 Å². The zero-order valence-corrected chi connectivity index (χ0v) is 21.6. The highest BCUT2D eigenvalue weighted by Gasteiger charge is 2.44. The van der Waals surface area contributed by atoms with E-state index >= 15 is 0 Å². The number of amides is 2. The predicted molar refractivity (Wildman–Crippen MR) is 138 cm³/mol. The molecule has 3 aromatic rings. The second kappa shape index (κ2) is 11.1. The van der Waals surface area contributed by atoms with Crippen LogP contribution in [0.1, 0.15) is 56.0 Å². The molecule has 10 nitrogen and oxygen atoms in total. The molecular weight excluding hydrogens is 488 g/mol. The van der Waals surface area contributed by atoms with E-state index in [1.165, 1.54) is 4.90 Å². The molecular formula is C28H32N4O6. The number of hydrogen-bond acceptors (Lipinski definition) is 7. The van der Waals surface area contributed by atoms with Crippen molar-refractivity contribution in [2.45, 2.75) is 50.6 Å². The van der Waals surface area contributed by atoms with Gasteiger partial charge < -0.3 is 24.0 Å². The molecule has 2 fully saturated rings. The van der Waals surface area contributed by atoms with Gasteiger partial charge in [-0.05, 0) is 56.4 Å². The third-order valence-corrected chi connectivity index (χ3v) is 7.39. The van der Waals surface area contributed by atoms with Crippen LogP contribution >= 0.6 is 0 Å². The van der Waals surface area contributed by atoms with Crippen molar-refractivity contribution in [2.24, 2.45) is 0 Å². The predicted octanol–water partition coefficient (Wildman–Crippen LogP) is 4.73. The first-order valence-electron chi connectivity index (χ1n) is 13.0. The highest BCUT2D eigenvalue weighted by atomic mass is 16.5. The smallest absolute Gasteiger partial charge is 0.408 e. The minimum Gasteiger partial charge on any atom is -0.493 e. The van der Waals surface area contributed by atoms with E-state index < -0.39 is 12.1 Å². The van der Waals surface area contributed by atoms with E-state index in [0.717, 1.165) is 11.1 Å². The van der Waals surface area contributed by atoms with Gasteiger partial charge in [0, 0.05) is 24.6 Å². The molecule has 1 N–H and O–H groups in total. The van der Waals surface area contributed by atoms with Crippen LogP contribution in [0.2, 0.25) is 0 Å². The fraction of sp³-hybridized carbons (Fsp3) is 0.429. The molecule has 200 valence electrons. The first-order valence-corrected chi connectivity index (χ1v) is 13.0. The van der Waals surface area contributed by atoms with Crippen molar-refractivity contribution < 1.29 is 28.7 Å². The van der Waals surface area contributed by atoms with Crippen molar-refractivity contribution in [1.82, 2.24) is 19.9 Å². The lowest BCUT2D eigenvalue weighted by Gasteiger charge is -2.35. The highest BCUT2D eigenvalue weighted by molar-refractivity contribution is 5.86. The van der Waals surface area contributed by atoms with E-state index in [0.29, 0.717) is 68.6 Å². The van der Waals surface area contributed by atoms with E-state index in [1.54, 1.807) is 12.0 Å². The minimum absolute atomic E-state index is 0.0288. The van der Waals surface area contributed by atoms with Crippen LogP contribution in [0.3, 0.4) is 0 Å². The standard InChI is InChI=1S/C28H32N4O6/c1-3-37-23-12-9-20(17-24(23)36-2)25-29-26(38-30-25)19-13-15-31(16-14-19)27(33)22-11-10-21(32(22)28(34)35)18-7-5-4-6-8-18/h4-9,12,17,19,21-22H,3,10-11,13-16H2,1-2H3,(H,34,35). The van der Waals surface area contributed by atoms with Crippen LogP contribution in [0.4, 0.5) is 4.79 Å². The second-order valence-electron chi connectivity index (χ2n) is 9.56. The summed E-state index contributed by atoms with van der Waals surface area (Å²) >= 11 is 0. The second-order valence-corrected chi connectivity index (χ2v) is 9.56. The minimum atomic E-state index is -1.06. The first-order chi connectivity index (χ1) is 18.5. The van der Waals surface area contributed by atoms with E-state index in [2.05, 4.69) is 10.1 Å². The summed E-state index contributed by atoms with van der Waals surface area (Å²) in [7, 11) is 1.58. The van der Waals surface area contributed by atoms with E-state index in [-0.39, 0.29) is 17.9 Å². The average molecular weight is 521 g/mol. The third-order valence-electron chi connectivity index (χ3n) is 7.39. The molecule has 0 aliphatic carbocycles. The van der Waals surface area contributed by atoms with Crippen LogP contribution < -0.4 is 9.47 Å². The number of carboxylic acid groups (broad SMARTS) is 1. The Hall–Kier alpha value is -4.08. The van der Waals surface area contributed by atoms with Crippen molar-refractivity contribution in [1.29, 1.82) is 0 Å². The molecule has 2 saturated heterocycles. The SMILES string of the molecule is CCOc1ccc(-c2noc(C3CCN(C(=O)C4CCC(c5ccccc5)N4C(=O)O)CC3)n2)cc1OC. The molecule has 2 aliphatic heterocycles. The van der Waals surface area contributed by atoms with Crippen molar-refractivity contribution in [3.8, 4) is 22.9 Å². The first kappa shape index (κ1) is 25.6. The number of nitrogens with zero attached hydrogens (tertiary/aromatic N) is 4. The number of aromatic nitrogens is 2. The molecule has 10 heteroatoms. The largest absolute Gasteiger partial charge is 0.493 e. The summed E-state index contributed by atoms with van der Waals surface area (Å²) < 4.78 is 16.6. The Bertz CT molecular complexity index is 1270. The number of ether oxygens (including phenoxy) is 2. The van der Waals surface area contributed by atoms with Crippen LogP contribution in [0, 0.1) is 0 Å². The summed E-state index contributed by atoms with van der Waals surface area (Å²) in [4.78, 5) is 33.3. The van der Waals surface area contributed by atoms with Crippen molar-refractivity contribution in [3.63, 3.8) is 0 Å². The van der Waals surface area contributed by atoms with Crippen molar-refractivity contribution in [3.05, 3.63) is 60.0 Å². The van der Waals surface area contributed by atoms with Gasteiger partial charge in [0.15, 0.2) is 11.5 Å². The maximum absolute atomic E-state index is 13.4. The van der Waals surface area contributed by atoms with Gasteiger partial charge in [-0.1, -0.05) is 35.5 Å². The zero-order chi connectivity index (χ0) is 26.6. The van der Waals surface area contributed by atoms with Gasteiger partial charge >= 0.3 is 6.09 Å². The number of carbonyl (C=O) groups excluding carboxylic acids is 1. The molecule has 0 spiro atoms. The van der Waals surface area contributed by atoms with Gasteiger partial charge in [0.1, 0.15) is 6.04 Å². The summed E-state index contributed by atoms with van der Waals surface area (Å²) in [5, 5.41) is 14.1. The number of hydrogen-bond donors (Lipinski definition) is 1.